The monoisotopic (exact) mass is 516 g/mol. The van der Waals surface area contributed by atoms with Crippen molar-refractivity contribution in [3.8, 4) is 17.2 Å². The summed E-state index contributed by atoms with van der Waals surface area (Å²) in [5, 5.41) is 0. The normalized spacial score (nSPS) is 14.8. The molecule has 0 aliphatic carbocycles. The summed E-state index contributed by atoms with van der Waals surface area (Å²) in [6.45, 7) is 3.36. The molecule has 0 aromatic heterocycles. The van der Waals surface area contributed by atoms with Crippen LogP contribution in [0.5, 0.6) is 17.2 Å². The van der Waals surface area contributed by atoms with Crippen LogP contribution >= 0.6 is 0 Å². The second kappa shape index (κ2) is 11.2. The van der Waals surface area contributed by atoms with Crippen LogP contribution in [0.1, 0.15) is 34.8 Å². The van der Waals surface area contributed by atoms with E-state index in [0.29, 0.717) is 28.5 Å². The lowest BCUT2D eigenvalue weighted by Gasteiger charge is -2.28. The number of esters is 1. The van der Waals surface area contributed by atoms with Gasteiger partial charge in [0, 0.05) is 19.0 Å². The first-order chi connectivity index (χ1) is 18.2. The van der Waals surface area contributed by atoms with Crippen LogP contribution < -0.4 is 19.1 Å². The zero-order valence-corrected chi connectivity index (χ0v) is 21.6. The number of anilines is 1. The Bertz CT molecular complexity index is 1370. The molecule has 0 saturated carbocycles. The van der Waals surface area contributed by atoms with E-state index in [4.69, 9.17) is 14.2 Å². The molecule has 3 amide bonds. The van der Waals surface area contributed by atoms with Crippen molar-refractivity contribution in [2.24, 2.45) is 0 Å². The van der Waals surface area contributed by atoms with Crippen LogP contribution in [-0.4, -0.2) is 48.9 Å². The third-order valence-corrected chi connectivity index (χ3v) is 6.22. The Labute approximate surface area is 220 Å². The second-order valence-corrected chi connectivity index (χ2v) is 8.86. The molecule has 3 aromatic rings. The fraction of sp³-hybridized carbons (Fsp3) is 0.241. The van der Waals surface area contributed by atoms with E-state index in [2.05, 4.69) is 0 Å². The zero-order valence-electron chi connectivity index (χ0n) is 21.6. The van der Waals surface area contributed by atoms with Gasteiger partial charge in [-0.2, -0.15) is 0 Å². The van der Waals surface area contributed by atoms with Crippen LogP contribution in [0.25, 0.3) is 0 Å². The molecule has 38 heavy (non-hydrogen) atoms. The molecule has 3 aromatic carbocycles. The number of carbonyl (C=O) groups excluding carboxylic acids is 4. The quantitative estimate of drug-likeness (QED) is 0.254. The SMILES string of the molecule is COc1ccc(C(=O)N(Cc2ccc(C)cc2)C2CC(=O)N(c3ccc(OC(C)=O)cc3)C2=O)cc1OC. The van der Waals surface area contributed by atoms with Crippen molar-refractivity contribution in [3.05, 3.63) is 83.4 Å². The van der Waals surface area contributed by atoms with Gasteiger partial charge >= 0.3 is 5.97 Å². The van der Waals surface area contributed by atoms with E-state index < -0.39 is 29.7 Å². The van der Waals surface area contributed by atoms with E-state index in [1.807, 2.05) is 31.2 Å². The van der Waals surface area contributed by atoms with Gasteiger partial charge < -0.3 is 19.1 Å². The minimum atomic E-state index is -1.02. The molecule has 1 atom stereocenters. The van der Waals surface area contributed by atoms with Crippen LogP contribution in [0, 0.1) is 6.92 Å². The first-order valence-electron chi connectivity index (χ1n) is 12.0. The lowest BCUT2D eigenvalue weighted by Crippen LogP contribution is -2.45. The highest BCUT2D eigenvalue weighted by molar-refractivity contribution is 6.23. The number of ether oxygens (including phenoxy) is 3. The summed E-state index contributed by atoms with van der Waals surface area (Å²) >= 11 is 0. The first kappa shape index (κ1) is 26.4. The molecule has 0 radical (unpaired) electrons. The molecular weight excluding hydrogens is 488 g/mol. The third-order valence-electron chi connectivity index (χ3n) is 6.22. The highest BCUT2D eigenvalue weighted by Gasteiger charge is 2.44. The number of methoxy groups -OCH3 is 2. The number of benzene rings is 3. The van der Waals surface area contributed by atoms with Crippen LogP contribution in [0.2, 0.25) is 0 Å². The Morgan fingerprint density at radius 2 is 1.58 bits per heavy atom. The predicted molar refractivity (Wildman–Crippen MR) is 139 cm³/mol. The summed E-state index contributed by atoms with van der Waals surface area (Å²) in [5.74, 6) is -0.732. The van der Waals surface area contributed by atoms with Gasteiger partial charge in [0.05, 0.1) is 26.3 Å². The lowest BCUT2D eigenvalue weighted by molar-refractivity contribution is -0.132. The first-order valence-corrected chi connectivity index (χ1v) is 12.0. The number of hydrogen-bond donors (Lipinski definition) is 0. The van der Waals surface area contributed by atoms with E-state index >= 15 is 0 Å². The van der Waals surface area contributed by atoms with Crippen molar-refractivity contribution in [1.29, 1.82) is 0 Å². The van der Waals surface area contributed by atoms with Gasteiger partial charge in [-0.3, -0.25) is 19.2 Å². The van der Waals surface area contributed by atoms with E-state index in [1.165, 1.54) is 50.3 Å². The molecule has 1 aliphatic heterocycles. The zero-order chi connectivity index (χ0) is 27.4. The minimum absolute atomic E-state index is 0.121. The van der Waals surface area contributed by atoms with Gasteiger partial charge in [0.15, 0.2) is 11.5 Å². The van der Waals surface area contributed by atoms with Gasteiger partial charge in [0.1, 0.15) is 11.8 Å². The highest BCUT2D eigenvalue weighted by atomic mass is 16.5. The van der Waals surface area contributed by atoms with Crippen molar-refractivity contribution >= 4 is 29.4 Å². The Balaban J connectivity index is 1.67. The summed E-state index contributed by atoms with van der Waals surface area (Å²) in [6.07, 6.45) is -0.171. The Morgan fingerprint density at radius 1 is 0.921 bits per heavy atom. The fourth-order valence-electron chi connectivity index (χ4n) is 4.31. The minimum Gasteiger partial charge on any atom is -0.493 e. The maximum atomic E-state index is 13.8. The van der Waals surface area contributed by atoms with Gasteiger partial charge in [-0.15, -0.1) is 0 Å². The number of hydrogen-bond acceptors (Lipinski definition) is 7. The van der Waals surface area contributed by atoms with Crippen LogP contribution in [0.4, 0.5) is 5.69 Å². The number of carbonyl (C=O) groups is 4. The van der Waals surface area contributed by atoms with Gasteiger partial charge in [-0.1, -0.05) is 29.8 Å². The van der Waals surface area contributed by atoms with E-state index in [-0.39, 0.29) is 13.0 Å². The number of imide groups is 1. The number of nitrogens with zero attached hydrogens (tertiary/aromatic N) is 2. The molecule has 0 N–H and O–H groups in total. The predicted octanol–water partition coefficient (Wildman–Crippen LogP) is 3.91. The van der Waals surface area contributed by atoms with Crippen molar-refractivity contribution in [2.45, 2.75) is 32.9 Å². The Kier molecular flexibility index (Phi) is 7.76. The lowest BCUT2D eigenvalue weighted by atomic mass is 10.1. The number of aryl methyl sites for hydroxylation is 1. The molecular formula is C29H28N2O7. The van der Waals surface area contributed by atoms with Crippen molar-refractivity contribution < 1.29 is 33.4 Å². The van der Waals surface area contributed by atoms with E-state index in [0.717, 1.165) is 16.0 Å². The largest absolute Gasteiger partial charge is 0.493 e. The van der Waals surface area contributed by atoms with Crippen LogP contribution in [0.3, 0.4) is 0 Å². The summed E-state index contributed by atoms with van der Waals surface area (Å²) in [5.41, 5.74) is 2.49. The number of amides is 3. The molecule has 1 unspecified atom stereocenters. The molecule has 4 rings (SSSR count). The summed E-state index contributed by atoms with van der Waals surface area (Å²) < 4.78 is 15.7. The topological polar surface area (TPSA) is 102 Å². The average molecular weight is 517 g/mol. The maximum Gasteiger partial charge on any atom is 0.308 e. The van der Waals surface area contributed by atoms with E-state index in [9.17, 15) is 19.2 Å². The molecule has 1 heterocycles. The van der Waals surface area contributed by atoms with Crippen molar-refractivity contribution in [2.75, 3.05) is 19.1 Å². The molecule has 1 fully saturated rings. The molecule has 196 valence electrons. The molecule has 9 nitrogen and oxygen atoms in total. The highest BCUT2D eigenvalue weighted by Crippen LogP contribution is 2.32. The van der Waals surface area contributed by atoms with Gasteiger partial charge in [-0.25, -0.2) is 4.90 Å². The van der Waals surface area contributed by atoms with Gasteiger partial charge in [0.25, 0.3) is 11.8 Å². The van der Waals surface area contributed by atoms with Crippen molar-refractivity contribution in [3.63, 3.8) is 0 Å². The maximum absolute atomic E-state index is 13.8. The standard InChI is InChI=1S/C29H28N2O7/c1-18-5-7-20(8-6-18)17-30(28(34)21-9-14-25(36-3)26(15-21)37-4)24-16-27(33)31(29(24)35)22-10-12-23(13-11-22)38-19(2)32/h5-15,24H,16-17H2,1-4H3. The number of rotatable bonds is 8. The molecule has 9 heteroatoms. The average Bonchev–Trinajstić information content (AvgIpc) is 3.20. The molecule has 1 aliphatic rings. The summed E-state index contributed by atoms with van der Waals surface area (Å²) in [4.78, 5) is 54.2. The van der Waals surface area contributed by atoms with Crippen LogP contribution in [0.15, 0.2) is 66.7 Å². The van der Waals surface area contributed by atoms with Gasteiger partial charge in [0.2, 0.25) is 5.91 Å². The Morgan fingerprint density at radius 3 is 2.18 bits per heavy atom. The summed E-state index contributed by atoms with van der Waals surface area (Å²) in [6, 6.07) is 17.4. The smallest absolute Gasteiger partial charge is 0.308 e. The van der Waals surface area contributed by atoms with Gasteiger partial charge in [-0.05, 0) is 55.0 Å². The van der Waals surface area contributed by atoms with Crippen molar-refractivity contribution in [1.82, 2.24) is 4.90 Å². The molecule has 0 spiro atoms. The molecule has 1 saturated heterocycles. The Hall–Kier alpha value is -4.66. The third kappa shape index (κ3) is 5.51. The summed E-state index contributed by atoms with van der Waals surface area (Å²) in [7, 11) is 2.97. The van der Waals surface area contributed by atoms with E-state index in [1.54, 1.807) is 18.2 Å². The second-order valence-electron chi connectivity index (χ2n) is 8.86. The molecule has 0 bridgehead atoms. The fourth-order valence-corrected chi connectivity index (χ4v) is 4.31. The van der Waals surface area contributed by atoms with Crippen LogP contribution in [-0.2, 0) is 20.9 Å².